The maximum absolute atomic E-state index is 13.1. The first-order chi connectivity index (χ1) is 15.6. The van der Waals surface area contributed by atoms with Crippen molar-refractivity contribution in [3.8, 4) is 21.9 Å². The van der Waals surface area contributed by atoms with Gasteiger partial charge in [-0.25, -0.2) is 0 Å². The molecule has 1 amide bonds. The lowest BCUT2D eigenvalue weighted by Gasteiger charge is -2.25. The highest BCUT2D eigenvalue weighted by molar-refractivity contribution is 7.15. The summed E-state index contributed by atoms with van der Waals surface area (Å²) in [6.45, 7) is 9.27. The molecule has 0 radical (unpaired) electrons. The van der Waals surface area contributed by atoms with Gasteiger partial charge in [0.15, 0.2) is 11.5 Å². The summed E-state index contributed by atoms with van der Waals surface area (Å²) in [6, 6.07) is 8.55. The minimum atomic E-state index is 0.0684. The highest BCUT2D eigenvalue weighted by Crippen LogP contribution is 2.40. The lowest BCUT2D eigenvalue weighted by atomic mass is 10.0. The maximum Gasteiger partial charge on any atom is 0.226 e. The lowest BCUT2D eigenvalue weighted by Crippen LogP contribution is -2.36. The average Bonchev–Trinajstić information content (AvgIpc) is 3.13. The summed E-state index contributed by atoms with van der Waals surface area (Å²) in [5.41, 5.74) is 2.13. The van der Waals surface area contributed by atoms with Crippen LogP contribution in [0.1, 0.15) is 56.4 Å². The van der Waals surface area contributed by atoms with Gasteiger partial charge in [0.25, 0.3) is 0 Å². The molecule has 5 nitrogen and oxygen atoms in total. The summed E-state index contributed by atoms with van der Waals surface area (Å²) in [7, 11) is 0. The number of aryl methyl sites for hydroxylation is 1. The molecule has 1 fully saturated rings. The lowest BCUT2D eigenvalue weighted by molar-refractivity contribution is -0.136. The van der Waals surface area contributed by atoms with E-state index in [0.29, 0.717) is 26.3 Å². The molecular weight excluding hydrogens is 422 g/mol. The van der Waals surface area contributed by atoms with E-state index >= 15 is 0 Å². The van der Waals surface area contributed by atoms with Crippen molar-refractivity contribution in [3.63, 3.8) is 0 Å². The molecule has 0 spiro atoms. The number of nitrogens with zero attached hydrogens (tertiary/aromatic N) is 1. The van der Waals surface area contributed by atoms with Gasteiger partial charge in [-0.3, -0.25) is 4.79 Å². The molecule has 2 aliphatic rings. The Morgan fingerprint density at radius 1 is 1.22 bits per heavy atom. The number of rotatable bonds is 7. The zero-order valence-electron chi connectivity index (χ0n) is 19.5. The van der Waals surface area contributed by atoms with E-state index in [2.05, 4.69) is 45.0 Å². The third-order valence-electron chi connectivity index (χ3n) is 6.47. The van der Waals surface area contributed by atoms with E-state index in [4.69, 9.17) is 14.2 Å². The predicted octanol–water partition coefficient (Wildman–Crippen LogP) is 5.83. The van der Waals surface area contributed by atoms with E-state index in [0.717, 1.165) is 54.9 Å². The van der Waals surface area contributed by atoms with Crippen molar-refractivity contribution in [2.45, 2.75) is 65.5 Å². The van der Waals surface area contributed by atoms with E-state index < -0.39 is 0 Å². The van der Waals surface area contributed by atoms with Crippen molar-refractivity contribution in [3.05, 3.63) is 34.7 Å². The largest absolute Gasteiger partial charge is 0.487 e. The first-order valence-electron chi connectivity index (χ1n) is 12.0. The first kappa shape index (κ1) is 23.1. The Balaban J connectivity index is 1.64. The Kier molecular flexibility index (Phi) is 7.74. The van der Waals surface area contributed by atoms with Crippen LogP contribution in [0.4, 0.5) is 0 Å². The Labute approximate surface area is 195 Å². The van der Waals surface area contributed by atoms with E-state index in [1.165, 1.54) is 16.2 Å². The number of hydrogen-bond donors (Lipinski definition) is 0. The fraction of sp³-hybridized carbons (Fsp3) is 0.577. The van der Waals surface area contributed by atoms with Crippen molar-refractivity contribution in [1.29, 1.82) is 0 Å². The minimum Gasteiger partial charge on any atom is -0.487 e. The van der Waals surface area contributed by atoms with Gasteiger partial charge in [0.2, 0.25) is 5.91 Å². The fourth-order valence-corrected chi connectivity index (χ4v) is 5.38. The van der Waals surface area contributed by atoms with Crippen LogP contribution >= 0.6 is 11.3 Å². The highest BCUT2D eigenvalue weighted by Gasteiger charge is 2.27. The van der Waals surface area contributed by atoms with Gasteiger partial charge in [0.1, 0.15) is 13.2 Å². The third-order valence-corrected chi connectivity index (χ3v) is 7.52. The van der Waals surface area contributed by atoms with E-state index in [1.54, 1.807) is 11.3 Å². The topological polar surface area (TPSA) is 48.0 Å². The molecule has 0 aliphatic carbocycles. The first-order valence-corrected chi connectivity index (χ1v) is 12.8. The number of benzene rings is 1. The molecule has 0 unspecified atom stereocenters. The van der Waals surface area contributed by atoms with Crippen LogP contribution in [0.25, 0.3) is 10.4 Å². The second-order valence-corrected chi connectivity index (χ2v) is 10.1. The summed E-state index contributed by atoms with van der Waals surface area (Å²) in [5.74, 6) is 1.83. The van der Waals surface area contributed by atoms with E-state index in [-0.39, 0.29) is 17.9 Å². The third kappa shape index (κ3) is 5.29. The number of carbonyl (C=O) groups excluding carboxylic acids is 1. The molecule has 174 valence electrons. The van der Waals surface area contributed by atoms with Crippen molar-refractivity contribution in [2.75, 3.05) is 26.4 Å². The summed E-state index contributed by atoms with van der Waals surface area (Å²) < 4.78 is 18.4. The highest BCUT2D eigenvalue weighted by atomic mass is 32.1. The molecule has 0 saturated carbocycles. The summed E-state index contributed by atoms with van der Waals surface area (Å²) >= 11 is 1.77. The van der Waals surface area contributed by atoms with Crippen molar-refractivity contribution >= 4 is 17.2 Å². The summed E-state index contributed by atoms with van der Waals surface area (Å²) in [4.78, 5) is 17.6. The quantitative estimate of drug-likeness (QED) is 0.525. The van der Waals surface area contributed by atoms with Crippen LogP contribution < -0.4 is 9.47 Å². The maximum atomic E-state index is 13.1. The van der Waals surface area contributed by atoms with E-state index in [9.17, 15) is 4.79 Å². The van der Waals surface area contributed by atoms with Gasteiger partial charge in [0.05, 0.1) is 12.6 Å². The number of ether oxygens (including phenoxy) is 3. The molecule has 3 heterocycles. The van der Waals surface area contributed by atoms with Crippen LogP contribution in [0.5, 0.6) is 11.5 Å². The van der Waals surface area contributed by atoms with Crippen molar-refractivity contribution in [2.24, 2.45) is 5.92 Å². The second kappa shape index (κ2) is 10.7. The number of hydrogen-bond acceptors (Lipinski definition) is 5. The molecule has 0 bridgehead atoms. The molecule has 0 N–H and O–H groups in total. The fourth-order valence-electron chi connectivity index (χ4n) is 4.53. The Hall–Kier alpha value is -2.05. The van der Waals surface area contributed by atoms with Gasteiger partial charge in [-0.2, -0.15) is 0 Å². The van der Waals surface area contributed by atoms with Gasteiger partial charge >= 0.3 is 0 Å². The van der Waals surface area contributed by atoms with Crippen LogP contribution in [-0.2, 0) is 16.1 Å². The SMILES string of the molecule is CCC(CC)C(=O)N1CCOc2c(cc(-c3ccc(C)s3)cc2OC[C@@H]2CCCCO2)C1. The van der Waals surface area contributed by atoms with Gasteiger partial charge in [-0.1, -0.05) is 13.8 Å². The molecule has 6 heteroatoms. The smallest absolute Gasteiger partial charge is 0.226 e. The molecule has 1 aromatic carbocycles. The zero-order valence-corrected chi connectivity index (χ0v) is 20.3. The standard InChI is InChI=1S/C26H35NO4S/c1-4-19(5-2)26(28)27-11-13-30-25-21(16-27)14-20(24-10-9-18(3)32-24)15-23(25)31-17-22-8-6-7-12-29-22/h9-10,14-15,19,22H,4-8,11-13,16-17H2,1-3H3/t22-/m0/s1. The summed E-state index contributed by atoms with van der Waals surface area (Å²) in [6.07, 6.45) is 5.20. The zero-order chi connectivity index (χ0) is 22.5. The molecule has 2 aromatic rings. The predicted molar refractivity (Wildman–Crippen MR) is 129 cm³/mol. The monoisotopic (exact) mass is 457 g/mol. The van der Waals surface area contributed by atoms with Crippen molar-refractivity contribution in [1.82, 2.24) is 4.90 Å². The van der Waals surface area contributed by atoms with E-state index in [1.807, 2.05) is 4.90 Å². The Morgan fingerprint density at radius 2 is 2.06 bits per heavy atom. The Bertz CT molecular complexity index is 915. The van der Waals surface area contributed by atoms with Crippen LogP contribution in [0.2, 0.25) is 0 Å². The Morgan fingerprint density at radius 3 is 2.75 bits per heavy atom. The molecule has 32 heavy (non-hydrogen) atoms. The van der Waals surface area contributed by atoms with Gasteiger partial charge in [-0.05, 0) is 68.9 Å². The molecule has 2 aliphatic heterocycles. The molecule has 1 aromatic heterocycles. The second-order valence-electron chi connectivity index (χ2n) is 8.79. The molecule has 1 saturated heterocycles. The van der Waals surface area contributed by atoms with Gasteiger partial charge < -0.3 is 19.1 Å². The normalized spacial score (nSPS) is 18.8. The van der Waals surface area contributed by atoms with Crippen LogP contribution in [-0.4, -0.2) is 43.3 Å². The van der Waals surface area contributed by atoms with Gasteiger partial charge in [-0.15, -0.1) is 11.3 Å². The molecule has 1 atom stereocenters. The number of amides is 1. The van der Waals surface area contributed by atoms with Crippen molar-refractivity contribution < 1.29 is 19.0 Å². The minimum absolute atomic E-state index is 0.0684. The van der Waals surface area contributed by atoms with Crippen LogP contribution in [0.3, 0.4) is 0 Å². The molecular formula is C26H35NO4S. The van der Waals surface area contributed by atoms with Crippen LogP contribution in [0.15, 0.2) is 24.3 Å². The van der Waals surface area contributed by atoms with Gasteiger partial charge in [0, 0.05) is 34.4 Å². The number of carbonyl (C=O) groups is 1. The molecule has 4 rings (SSSR count). The number of fused-ring (bicyclic) bond motifs is 1. The average molecular weight is 458 g/mol. The van der Waals surface area contributed by atoms with Crippen LogP contribution in [0, 0.1) is 12.8 Å². The number of thiophene rings is 1. The summed E-state index contributed by atoms with van der Waals surface area (Å²) in [5, 5.41) is 0.